The van der Waals surface area contributed by atoms with Gasteiger partial charge in [0, 0.05) is 6.54 Å². The second-order valence-electron chi connectivity index (χ2n) is 4.76. The third-order valence-corrected chi connectivity index (χ3v) is 2.99. The van der Waals surface area contributed by atoms with Gasteiger partial charge in [-0.15, -0.1) is 0 Å². The van der Waals surface area contributed by atoms with Gasteiger partial charge in [0.25, 0.3) is 0 Å². The monoisotopic (exact) mass is 211 g/mol. The van der Waals surface area contributed by atoms with Crippen molar-refractivity contribution in [3.63, 3.8) is 0 Å². The van der Waals surface area contributed by atoms with Gasteiger partial charge in [-0.1, -0.05) is 18.6 Å². The van der Waals surface area contributed by atoms with E-state index >= 15 is 0 Å². The van der Waals surface area contributed by atoms with Crippen molar-refractivity contribution in [2.24, 2.45) is 5.92 Å². The number of hydrogen-bond acceptors (Lipinski definition) is 2. The molecular weight excluding hydrogens is 190 g/mol. The van der Waals surface area contributed by atoms with Crippen molar-refractivity contribution in [3.05, 3.63) is 11.6 Å². The van der Waals surface area contributed by atoms with E-state index in [1.54, 1.807) is 0 Å². The zero-order valence-electron chi connectivity index (χ0n) is 9.86. The van der Waals surface area contributed by atoms with E-state index in [1.165, 1.54) is 5.57 Å². The van der Waals surface area contributed by atoms with Gasteiger partial charge in [-0.2, -0.15) is 0 Å². The fraction of sp³-hybridized carbons (Fsp3) is 0.750. The van der Waals surface area contributed by atoms with E-state index in [2.05, 4.69) is 17.9 Å². The van der Waals surface area contributed by atoms with Crippen molar-refractivity contribution < 1.29 is 9.90 Å². The molecule has 0 spiro atoms. The summed E-state index contributed by atoms with van der Waals surface area (Å²) in [7, 11) is 0. The number of rotatable bonds is 3. The number of carbonyl (C=O) groups is 1. The van der Waals surface area contributed by atoms with Crippen LogP contribution in [0.1, 0.15) is 33.6 Å². The van der Waals surface area contributed by atoms with Crippen LogP contribution < -0.4 is 0 Å². The Morgan fingerprint density at radius 3 is 2.73 bits per heavy atom. The van der Waals surface area contributed by atoms with E-state index in [-0.39, 0.29) is 6.04 Å². The van der Waals surface area contributed by atoms with Crippen LogP contribution in [0, 0.1) is 5.92 Å². The minimum Gasteiger partial charge on any atom is -0.480 e. The highest BCUT2D eigenvalue weighted by molar-refractivity contribution is 5.73. The van der Waals surface area contributed by atoms with Gasteiger partial charge < -0.3 is 5.11 Å². The van der Waals surface area contributed by atoms with E-state index in [0.717, 1.165) is 25.9 Å². The summed E-state index contributed by atoms with van der Waals surface area (Å²) in [6.07, 6.45) is 4.00. The Kier molecular flexibility index (Phi) is 4.33. The molecule has 0 radical (unpaired) electrons. The van der Waals surface area contributed by atoms with Crippen molar-refractivity contribution in [3.8, 4) is 0 Å². The number of allylic oxidation sites excluding steroid dienone is 1. The molecule has 3 nitrogen and oxygen atoms in total. The molecule has 0 aliphatic carbocycles. The van der Waals surface area contributed by atoms with Crippen molar-refractivity contribution >= 4 is 5.97 Å². The standard InChI is InChI=1S/C12H21NO2/c1-9(2)4-6-13-7-5-10(3)8-11(13)12(14)15/h4,10-11H,5-8H2,1-3H3,(H,14,15). The summed E-state index contributed by atoms with van der Waals surface area (Å²) in [5, 5.41) is 9.13. The Labute approximate surface area is 91.8 Å². The lowest BCUT2D eigenvalue weighted by molar-refractivity contribution is -0.145. The molecule has 1 rings (SSSR count). The number of piperidine rings is 1. The third-order valence-electron chi connectivity index (χ3n) is 2.99. The highest BCUT2D eigenvalue weighted by Crippen LogP contribution is 2.22. The first-order valence-corrected chi connectivity index (χ1v) is 5.61. The van der Waals surface area contributed by atoms with E-state index in [1.807, 2.05) is 13.8 Å². The lowest BCUT2D eigenvalue weighted by Crippen LogP contribution is -2.46. The summed E-state index contributed by atoms with van der Waals surface area (Å²) in [5.74, 6) is -0.141. The van der Waals surface area contributed by atoms with Crippen molar-refractivity contribution in [1.29, 1.82) is 0 Å². The SMILES string of the molecule is CC(C)=CCN1CCC(C)CC1C(=O)O. The van der Waals surface area contributed by atoms with Crippen molar-refractivity contribution in [2.75, 3.05) is 13.1 Å². The van der Waals surface area contributed by atoms with Gasteiger partial charge in [0.05, 0.1) is 0 Å². The van der Waals surface area contributed by atoms with E-state index < -0.39 is 5.97 Å². The fourth-order valence-corrected chi connectivity index (χ4v) is 1.97. The number of hydrogen-bond donors (Lipinski definition) is 1. The zero-order valence-corrected chi connectivity index (χ0v) is 9.86. The molecule has 1 saturated heterocycles. The maximum Gasteiger partial charge on any atom is 0.320 e. The lowest BCUT2D eigenvalue weighted by Gasteiger charge is -2.35. The smallest absolute Gasteiger partial charge is 0.320 e. The molecule has 1 heterocycles. The molecule has 0 amide bonds. The molecule has 3 heteroatoms. The van der Waals surface area contributed by atoms with Crippen LogP contribution >= 0.6 is 0 Å². The first-order chi connectivity index (χ1) is 7.00. The summed E-state index contributed by atoms with van der Waals surface area (Å²) in [4.78, 5) is 13.2. The van der Waals surface area contributed by atoms with Crippen molar-refractivity contribution in [2.45, 2.75) is 39.7 Å². The molecule has 1 aliphatic heterocycles. The maximum atomic E-state index is 11.1. The average Bonchev–Trinajstić information content (AvgIpc) is 2.15. The molecular formula is C12H21NO2. The van der Waals surface area contributed by atoms with Gasteiger partial charge >= 0.3 is 5.97 Å². The second kappa shape index (κ2) is 5.31. The molecule has 0 bridgehead atoms. The van der Waals surface area contributed by atoms with Crippen LogP contribution in [0.4, 0.5) is 0 Å². The number of carboxylic acids is 1. The molecule has 1 aliphatic rings. The largest absolute Gasteiger partial charge is 0.480 e. The normalized spacial score (nSPS) is 27.4. The molecule has 0 aromatic rings. The molecule has 0 aromatic carbocycles. The second-order valence-corrected chi connectivity index (χ2v) is 4.76. The molecule has 2 unspecified atom stereocenters. The molecule has 86 valence electrons. The molecule has 1 N–H and O–H groups in total. The molecule has 0 aromatic heterocycles. The van der Waals surface area contributed by atoms with Crippen molar-refractivity contribution in [1.82, 2.24) is 4.90 Å². The van der Waals surface area contributed by atoms with Gasteiger partial charge in [0.1, 0.15) is 6.04 Å². The van der Waals surface area contributed by atoms with Gasteiger partial charge in [-0.3, -0.25) is 9.69 Å². The number of likely N-dealkylation sites (tertiary alicyclic amines) is 1. The number of nitrogens with zero attached hydrogens (tertiary/aromatic N) is 1. The maximum absolute atomic E-state index is 11.1. The Morgan fingerprint density at radius 1 is 1.53 bits per heavy atom. The Morgan fingerprint density at radius 2 is 2.20 bits per heavy atom. The highest BCUT2D eigenvalue weighted by Gasteiger charge is 2.30. The lowest BCUT2D eigenvalue weighted by atomic mass is 9.92. The van der Waals surface area contributed by atoms with Crippen LogP contribution in [-0.2, 0) is 4.79 Å². The molecule has 2 atom stereocenters. The number of carboxylic acid groups (broad SMARTS) is 1. The van der Waals surface area contributed by atoms with Gasteiger partial charge in [-0.25, -0.2) is 0 Å². The van der Waals surface area contributed by atoms with E-state index in [4.69, 9.17) is 5.11 Å². The molecule has 1 fully saturated rings. The van der Waals surface area contributed by atoms with E-state index in [0.29, 0.717) is 5.92 Å². The number of aliphatic carboxylic acids is 1. The van der Waals surface area contributed by atoms with Crippen LogP contribution in [0.2, 0.25) is 0 Å². The first-order valence-electron chi connectivity index (χ1n) is 5.61. The van der Waals surface area contributed by atoms with Crippen LogP contribution in [0.15, 0.2) is 11.6 Å². The Hall–Kier alpha value is -0.830. The summed E-state index contributed by atoms with van der Waals surface area (Å²) >= 11 is 0. The van der Waals surface area contributed by atoms with Gasteiger partial charge in [0.15, 0.2) is 0 Å². The predicted molar refractivity (Wildman–Crippen MR) is 60.8 cm³/mol. The average molecular weight is 211 g/mol. The Balaban J connectivity index is 2.60. The van der Waals surface area contributed by atoms with E-state index in [9.17, 15) is 4.79 Å². The Bertz CT molecular complexity index is 256. The molecule has 0 saturated carbocycles. The van der Waals surface area contributed by atoms with Crippen LogP contribution in [0.3, 0.4) is 0 Å². The van der Waals surface area contributed by atoms with Crippen LogP contribution in [0.5, 0.6) is 0 Å². The summed E-state index contributed by atoms with van der Waals surface area (Å²) in [5.41, 5.74) is 1.25. The fourth-order valence-electron chi connectivity index (χ4n) is 1.97. The minimum absolute atomic E-state index is 0.288. The topological polar surface area (TPSA) is 40.5 Å². The van der Waals surface area contributed by atoms with Crippen LogP contribution in [0.25, 0.3) is 0 Å². The summed E-state index contributed by atoms with van der Waals surface area (Å²) in [6, 6.07) is -0.288. The molecule has 15 heavy (non-hydrogen) atoms. The predicted octanol–water partition coefficient (Wildman–Crippen LogP) is 2.14. The summed E-state index contributed by atoms with van der Waals surface area (Å²) < 4.78 is 0. The minimum atomic E-state index is -0.677. The highest BCUT2D eigenvalue weighted by atomic mass is 16.4. The quantitative estimate of drug-likeness (QED) is 0.727. The third kappa shape index (κ3) is 3.67. The first kappa shape index (κ1) is 12.2. The van der Waals surface area contributed by atoms with Gasteiger partial charge in [-0.05, 0) is 39.2 Å². The zero-order chi connectivity index (χ0) is 11.4. The van der Waals surface area contributed by atoms with Crippen LogP contribution in [-0.4, -0.2) is 35.1 Å². The summed E-state index contributed by atoms with van der Waals surface area (Å²) in [6.45, 7) is 7.90. The van der Waals surface area contributed by atoms with Gasteiger partial charge in [0.2, 0.25) is 0 Å².